The van der Waals surface area contributed by atoms with Crippen molar-refractivity contribution in [3.63, 3.8) is 0 Å². The number of fused-ring (bicyclic) bond motifs is 3. The van der Waals surface area contributed by atoms with Crippen LogP contribution in [-0.4, -0.2) is 67.2 Å². The van der Waals surface area contributed by atoms with Crippen LogP contribution in [0.25, 0.3) is 32.3 Å². The van der Waals surface area contributed by atoms with E-state index in [4.69, 9.17) is 17.2 Å². The fourth-order valence-electron chi connectivity index (χ4n) is 7.78. The summed E-state index contributed by atoms with van der Waals surface area (Å²) in [5.41, 5.74) is 16.3. The van der Waals surface area contributed by atoms with Gasteiger partial charge >= 0.3 is 0 Å². The van der Waals surface area contributed by atoms with Gasteiger partial charge in [-0.15, -0.1) is 20.5 Å². The first-order valence-corrected chi connectivity index (χ1v) is 27.8. The van der Waals surface area contributed by atoms with E-state index in [0.29, 0.717) is 11.4 Å². The molecule has 0 unspecified atom stereocenters. The molecule has 402 valence electrons. The standard InChI is InChI=1S/C48H36N12O15S4/c49-26-4-1-23-15-40(77(67,68)69)43(46(61)33(23)18-26)59-55-31-7-3-25-17-42(79(73,74)75)45(48(63)35(25)21-31)60-56-32-12-14-38(39(22-32)76(64,65)66)52-28-8-10-29(11-9-28)53-58-44-41(78(70,71)72)16-24-2-6-30(20-34(24)47(44)62)54-57-37-13-5-27(50)19-36(37)51/h1-22,52,61-63H,49-51H2,(H,64,65,66)(H,67,68,69)(H,70,71,72)(H,73,74,75). The van der Waals surface area contributed by atoms with Gasteiger partial charge in [-0.1, -0.05) is 18.2 Å². The molecular weight excluding hydrogens is 1110 g/mol. The van der Waals surface area contributed by atoms with Gasteiger partial charge in [0.15, 0.2) is 17.2 Å². The highest BCUT2D eigenvalue weighted by atomic mass is 32.2. The molecule has 0 aromatic heterocycles. The Bertz CT molecular complexity index is 4660. The number of hydrogen-bond donors (Lipinski definition) is 11. The fourth-order valence-corrected chi connectivity index (χ4v) is 10.4. The molecule has 0 aliphatic carbocycles. The minimum absolute atomic E-state index is 0.0149. The first-order chi connectivity index (χ1) is 37.1. The molecule has 79 heavy (non-hydrogen) atoms. The van der Waals surface area contributed by atoms with Gasteiger partial charge < -0.3 is 37.8 Å². The Morgan fingerprint density at radius 2 is 0.722 bits per heavy atom. The van der Waals surface area contributed by atoms with E-state index in [1.807, 2.05) is 0 Å². The molecule has 27 nitrogen and oxygen atoms in total. The first-order valence-electron chi connectivity index (χ1n) is 22.0. The summed E-state index contributed by atoms with van der Waals surface area (Å²) < 4.78 is 140. The minimum Gasteiger partial charge on any atom is -0.505 e. The number of rotatable bonds is 14. The van der Waals surface area contributed by atoms with E-state index in [1.54, 1.807) is 12.1 Å². The van der Waals surface area contributed by atoms with Crippen molar-refractivity contribution >= 4 is 147 Å². The van der Waals surface area contributed by atoms with Crippen molar-refractivity contribution in [2.45, 2.75) is 19.6 Å². The second kappa shape index (κ2) is 20.4. The zero-order valence-corrected chi connectivity index (χ0v) is 42.8. The van der Waals surface area contributed by atoms with Crippen LogP contribution >= 0.6 is 0 Å². The zero-order valence-electron chi connectivity index (χ0n) is 39.5. The Hall–Kier alpha value is -9.60. The SMILES string of the molecule is Nc1ccc(N=Nc2ccc3cc(S(=O)(=O)O)c(N=Nc4ccc(Nc5ccc(N=Nc6c(S(=O)(=O)O)cc7ccc(N=Nc8c(S(=O)(=O)O)cc9ccc(N)cc9c8O)cc7c6O)cc5S(=O)(=O)O)cc4)c(O)c3c2)c(N)c1. The molecule has 9 aromatic rings. The van der Waals surface area contributed by atoms with Gasteiger partial charge in [-0.25, -0.2) is 0 Å². The highest BCUT2D eigenvalue weighted by Gasteiger charge is 2.26. The van der Waals surface area contributed by atoms with Gasteiger partial charge in [-0.3, -0.25) is 18.2 Å². The van der Waals surface area contributed by atoms with E-state index in [1.165, 1.54) is 84.9 Å². The molecule has 0 fully saturated rings. The predicted octanol–water partition coefficient (Wildman–Crippen LogP) is 11.4. The summed E-state index contributed by atoms with van der Waals surface area (Å²) in [6.07, 6.45) is 0. The van der Waals surface area contributed by atoms with Crippen molar-refractivity contribution in [1.29, 1.82) is 0 Å². The van der Waals surface area contributed by atoms with Crippen LogP contribution < -0.4 is 22.5 Å². The lowest BCUT2D eigenvalue weighted by Crippen LogP contribution is -2.03. The maximum absolute atomic E-state index is 12.7. The number of hydrogen-bond acceptors (Lipinski definition) is 23. The molecule has 0 spiro atoms. The predicted molar refractivity (Wildman–Crippen MR) is 289 cm³/mol. The first kappa shape index (κ1) is 54.2. The number of nitrogens with zero attached hydrogens (tertiary/aromatic N) is 8. The second-order valence-electron chi connectivity index (χ2n) is 16.9. The Kier molecular flexibility index (Phi) is 14.0. The summed E-state index contributed by atoms with van der Waals surface area (Å²) in [5.74, 6) is -2.30. The van der Waals surface area contributed by atoms with E-state index in [9.17, 15) is 67.2 Å². The van der Waals surface area contributed by atoms with E-state index >= 15 is 0 Å². The lowest BCUT2D eigenvalue weighted by atomic mass is 10.1. The van der Waals surface area contributed by atoms with Gasteiger partial charge in [-0.05, 0) is 131 Å². The topological polar surface area (TPSA) is 467 Å². The number of nitrogens with one attached hydrogen (secondary N) is 1. The fraction of sp³-hybridized carbons (Fsp3) is 0. The molecule has 0 saturated carbocycles. The number of anilines is 5. The van der Waals surface area contributed by atoms with Crippen molar-refractivity contribution in [2.75, 3.05) is 22.5 Å². The number of aromatic hydroxyl groups is 3. The van der Waals surface area contributed by atoms with E-state index in [2.05, 4.69) is 46.2 Å². The van der Waals surface area contributed by atoms with Crippen molar-refractivity contribution < 1.29 is 67.2 Å². The summed E-state index contributed by atoms with van der Waals surface area (Å²) in [6.45, 7) is 0. The van der Waals surface area contributed by atoms with Gasteiger partial charge in [0.25, 0.3) is 40.5 Å². The number of nitrogen functional groups attached to an aromatic ring is 3. The maximum Gasteiger partial charge on any atom is 0.296 e. The molecule has 9 rings (SSSR count). The molecule has 0 heterocycles. The molecule has 0 amide bonds. The van der Waals surface area contributed by atoms with E-state index < -0.39 is 94.4 Å². The van der Waals surface area contributed by atoms with Crippen LogP contribution in [-0.2, 0) is 40.5 Å². The van der Waals surface area contributed by atoms with Gasteiger partial charge in [0.2, 0.25) is 0 Å². The Morgan fingerprint density at radius 1 is 0.354 bits per heavy atom. The highest BCUT2D eigenvalue weighted by molar-refractivity contribution is 7.86. The summed E-state index contributed by atoms with van der Waals surface area (Å²) in [4.78, 5) is -3.31. The quantitative estimate of drug-likeness (QED) is 0.0274. The van der Waals surface area contributed by atoms with Crippen LogP contribution in [0.2, 0.25) is 0 Å². The smallest absolute Gasteiger partial charge is 0.296 e. The molecule has 0 aliphatic heterocycles. The monoisotopic (exact) mass is 1150 g/mol. The summed E-state index contributed by atoms with van der Waals surface area (Å²) in [7, 11) is -20.2. The summed E-state index contributed by atoms with van der Waals surface area (Å²) in [6, 6.07) is 28.2. The van der Waals surface area contributed by atoms with Crippen molar-refractivity contribution in [3.8, 4) is 17.2 Å². The number of phenols is 3. The van der Waals surface area contributed by atoms with Crippen LogP contribution in [0.1, 0.15) is 0 Å². The van der Waals surface area contributed by atoms with Crippen LogP contribution in [0.15, 0.2) is 194 Å². The molecule has 14 N–H and O–H groups in total. The number of nitrogens with two attached hydrogens (primary N) is 3. The van der Waals surface area contributed by atoms with Crippen molar-refractivity contribution in [1.82, 2.24) is 0 Å². The molecule has 0 aliphatic rings. The average Bonchev–Trinajstić information content (AvgIpc) is 3.51. The van der Waals surface area contributed by atoms with Crippen molar-refractivity contribution in [3.05, 3.63) is 133 Å². The minimum atomic E-state index is -5.17. The molecule has 31 heteroatoms. The van der Waals surface area contributed by atoms with Crippen LogP contribution in [0.3, 0.4) is 0 Å². The highest BCUT2D eigenvalue weighted by Crippen LogP contribution is 2.46. The third-order valence-corrected chi connectivity index (χ3v) is 15.0. The van der Waals surface area contributed by atoms with Gasteiger partial charge in [-0.2, -0.15) is 54.1 Å². The third kappa shape index (κ3) is 11.6. The Labute approximate surface area is 445 Å². The molecule has 0 bridgehead atoms. The maximum atomic E-state index is 12.7. The molecule has 0 saturated heterocycles. The average molecular weight is 1150 g/mol. The summed E-state index contributed by atoms with van der Waals surface area (Å²) in [5, 5.41) is 68.3. The lowest BCUT2D eigenvalue weighted by molar-refractivity contribution is 0.471. The second-order valence-corrected chi connectivity index (χ2v) is 22.4. The lowest BCUT2D eigenvalue weighted by Gasteiger charge is -2.12. The Morgan fingerprint density at radius 3 is 1.18 bits per heavy atom. The number of azo groups is 4. The largest absolute Gasteiger partial charge is 0.505 e. The van der Waals surface area contributed by atoms with Crippen molar-refractivity contribution in [2.24, 2.45) is 40.9 Å². The number of phenolic OH excluding ortho intramolecular Hbond substituents is 3. The number of benzene rings is 9. The Balaban J connectivity index is 0.984. The van der Waals surface area contributed by atoms with Crippen LogP contribution in [0.5, 0.6) is 17.2 Å². The van der Waals surface area contributed by atoms with Gasteiger partial charge in [0.05, 0.1) is 34.1 Å². The third-order valence-electron chi connectivity index (χ3n) is 11.5. The molecular formula is C48H36N12O15S4. The molecule has 0 radical (unpaired) electrons. The van der Waals surface area contributed by atoms with E-state index in [-0.39, 0.29) is 77.8 Å². The van der Waals surface area contributed by atoms with E-state index in [0.717, 1.165) is 36.4 Å². The van der Waals surface area contributed by atoms with Gasteiger partial charge in [0.1, 0.15) is 42.3 Å². The molecule has 9 aromatic carbocycles. The van der Waals surface area contributed by atoms with Gasteiger partial charge in [0, 0.05) is 33.2 Å². The zero-order chi connectivity index (χ0) is 56.9. The summed E-state index contributed by atoms with van der Waals surface area (Å²) >= 11 is 0. The molecule has 0 atom stereocenters. The van der Waals surface area contributed by atoms with Crippen LogP contribution in [0.4, 0.5) is 73.9 Å². The van der Waals surface area contributed by atoms with Crippen LogP contribution in [0, 0.1) is 0 Å². The normalized spacial score (nSPS) is 12.8.